The van der Waals surface area contributed by atoms with Crippen molar-refractivity contribution in [3.63, 3.8) is 0 Å². The summed E-state index contributed by atoms with van der Waals surface area (Å²) in [6.45, 7) is 4.22. The van der Waals surface area contributed by atoms with Crippen molar-refractivity contribution in [3.8, 4) is 11.5 Å². The van der Waals surface area contributed by atoms with Crippen molar-refractivity contribution < 1.29 is 18.6 Å². The van der Waals surface area contributed by atoms with Gasteiger partial charge in [0.25, 0.3) is 0 Å². The van der Waals surface area contributed by atoms with Crippen LogP contribution in [-0.4, -0.2) is 46.0 Å². The maximum Gasteiger partial charge on any atom is 0.191 e. The Bertz CT molecular complexity index is 727. The summed E-state index contributed by atoms with van der Waals surface area (Å²) < 4.78 is 29.2. The van der Waals surface area contributed by atoms with Crippen molar-refractivity contribution in [2.45, 2.75) is 19.6 Å². The van der Waals surface area contributed by atoms with Gasteiger partial charge in [-0.3, -0.25) is 4.99 Å². The lowest BCUT2D eigenvalue weighted by Crippen LogP contribution is -2.41. The molecule has 2 rings (SSSR count). The third-order valence-corrected chi connectivity index (χ3v) is 3.87. The number of methoxy groups -OCH3 is 1. The second-order valence-electron chi connectivity index (χ2n) is 6.17. The van der Waals surface area contributed by atoms with Crippen LogP contribution in [0, 0.1) is 5.82 Å². The van der Waals surface area contributed by atoms with E-state index < -0.39 is 0 Å². The Morgan fingerprint density at radius 3 is 2.28 bits per heavy atom. The minimum atomic E-state index is -0.280. The minimum Gasteiger partial charge on any atom is -0.491 e. The summed E-state index contributed by atoms with van der Waals surface area (Å²) in [6.07, 6.45) is -0.104. The van der Waals surface area contributed by atoms with E-state index in [2.05, 4.69) is 15.6 Å². The summed E-state index contributed by atoms with van der Waals surface area (Å²) in [5.74, 6) is 1.84. The number of benzene rings is 2. The molecule has 0 aromatic heterocycles. The summed E-state index contributed by atoms with van der Waals surface area (Å²) in [5, 5.41) is 6.48. The van der Waals surface area contributed by atoms with E-state index in [9.17, 15) is 4.39 Å². The van der Waals surface area contributed by atoms with Gasteiger partial charge in [0.2, 0.25) is 0 Å². The molecular weight excluding hydrogens is 488 g/mol. The number of hydrogen-bond donors (Lipinski definition) is 2. The average Bonchev–Trinajstić information content (AvgIpc) is 2.71. The maximum absolute atomic E-state index is 12.9. The van der Waals surface area contributed by atoms with Gasteiger partial charge in [-0.2, -0.15) is 0 Å². The number of guanidine groups is 1. The van der Waals surface area contributed by atoms with E-state index in [0.29, 0.717) is 38.0 Å². The summed E-state index contributed by atoms with van der Waals surface area (Å²) in [5.41, 5.74) is 1.11. The van der Waals surface area contributed by atoms with Crippen LogP contribution in [0.2, 0.25) is 0 Å². The zero-order valence-electron chi connectivity index (χ0n) is 17.0. The fourth-order valence-corrected chi connectivity index (χ4v) is 2.38. The van der Waals surface area contributed by atoms with Crippen LogP contribution in [0.25, 0.3) is 0 Å². The zero-order chi connectivity index (χ0) is 20.2. The molecule has 0 fully saturated rings. The molecule has 1 unspecified atom stereocenters. The minimum absolute atomic E-state index is 0. The molecule has 0 spiro atoms. The molecule has 0 aliphatic heterocycles. The van der Waals surface area contributed by atoms with Crippen LogP contribution in [0.1, 0.15) is 12.5 Å². The predicted octanol–water partition coefficient (Wildman–Crippen LogP) is 3.60. The van der Waals surface area contributed by atoms with Gasteiger partial charge in [-0.1, -0.05) is 12.1 Å². The van der Waals surface area contributed by atoms with Crippen LogP contribution in [0.3, 0.4) is 0 Å². The molecule has 2 aromatic rings. The first-order valence-corrected chi connectivity index (χ1v) is 9.18. The molecule has 0 radical (unpaired) electrons. The van der Waals surface area contributed by atoms with Crippen molar-refractivity contribution in [2.24, 2.45) is 4.99 Å². The topological polar surface area (TPSA) is 64.1 Å². The molecule has 0 aliphatic rings. The number of hydrogen-bond acceptors (Lipinski definition) is 4. The van der Waals surface area contributed by atoms with Crippen molar-refractivity contribution in [3.05, 3.63) is 59.9 Å². The molecule has 1 atom stereocenters. The summed E-state index contributed by atoms with van der Waals surface area (Å²) in [7, 11) is 3.36. The highest BCUT2D eigenvalue weighted by atomic mass is 127. The van der Waals surface area contributed by atoms with E-state index >= 15 is 0 Å². The number of rotatable bonds is 10. The average molecular weight is 517 g/mol. The lowest BCUT2D eigenvalue weighted by Gasteiger charge is -2.18. The second kappa shape index (κ2) is 14.0. The number of ether oxygens (including phenoxy) is 3. The molecule has 0 heterocycles. The summed E-state index contributed by atoms with van der Waals surface area (Å²) >= 11 is 0. The molecule has 0 amide bonds. The Labute approximate surface area is 188 Å². The summed E-state index contributed by atoms with van der Waals surface area (Å²) in [4.78, 5) is 4.21. The number of nitrogens with one attached hydrogen (secondary N) is 2. The van der Waals surface area contributed by atoms with E-state index in [0.717, 1.165) is 11.3 Å². The van der Waals surface area contributed by atoms with Gasteiger partial charge in [-0.25, -0.2) is 4.39 Å². The van der Waals surface area contributed by atoms with E-state index in [4.69, 9.17) is 14.2 Å². The fraction of sp³-hybridized carbons (Fsp3) is 0.381. The van der Waals surface area contributed by atoms with Gasteiger partial charge in [0.1, 0.15) is 30.0 Å². The molecule has 160 valence electrons. The maximum atomic E-state index is 12.9. The number of halogens is 2. The molecule has 29 heavy (non-hydrogen) atoms. The standard InChI is InChI=1S/C21H28FN3O3.HI/c1-16(28-20-10-6-18(22)7-11-20)14-24-21(23-2)25-15-17-4-8-19(9-5-17)27-13-12-26-3;/h4-11,16H,12-15H2,1-3H3,(H2,23,24,25);1H. The van der Waals surface area contributed by atoms with Crippen LogP contribution < -0.4 is 20.1 Å². The third-order valence-electron chi connectivity index (χ3n) is 3.87. The first-order chi connectivity index (χ1) is 13.6. The largest absolute Gasteiger partial charge is 0.491 e. The smallest absolute Gasteiger partial charge is 0.191 e. The van der Waals surface area contributed by atoms with Gasteiger partial charge in [0.15, 0.2) is 5.96 Å². The van der Waals surface area contributed by atoms with E-state index in [1.54, 1.807) is 26.3 Å². The lowest BCUT2D eigenvalue weighted by atomic mass is 10.2. The Kier molecular flexibility index (Phi) is 12.1. The Hall–Kier alpha value is -2.07. The molecular formula is C21H29FIN3O3. The van der Waals surface area contributed by atoms with Crippen molar-refractivity contribution in [2.75, 3.05) is 33.9 Å². The van der Waals surface area contributed by atoms with Crippen molar-refractivity contribution >= 4 is 29.9 Å². The van der Waals surface area contributed by atoms with Gasteiger partial charge in [0, 0.05) is 20.7 Å². The predicted molar refractivity (Wildman–Crippen MR) is 124 cm³/mol. The summed E-state index contributed by atoms with van der Waals surface area (Å²) in [6, 6.07) is 13.9. The molecule has 0 saturated carbocycles. The molecule has 0 aliphatic carbocycles. The van der Waals surface area contributed by atoms with Gasteiger partial charge in [-0.15, -0.1) is 24.0 Å². The second-order valence-corrected chi connectivity index (χ2v) is 6.17. The quantitative estimate of drug-likeness (QED) is 0.218. The first-order valence-electron chi connectivity index (χ1n) is 9.18. The van der Waals surface area contributed by atoms with Crippen LogP contribution in [-0.2, 0) is 11.3 Å². The number of nitrogens with zero attached hydrogens (tertiary/aromatic N) is 1. The molecule has 8 heteroatoms. The van der Waals surface area contributed by atoms with Crippen LogP contribution >= 0.6 is 24.0 Å². The highest BCUT2D eigenvalue weighted by molar-refractivity contribution is 14.0. The fourth-order valence-electron chi connectivity index (χ4n) is 2.38. The van der Waals surface area contributed by atoms with E-state index in [1.165, 1.54) is 12.1 Å². The molecule has 0 bridgehead atoms. The Morgan fingerprint density at radius 1 is 1.00 bits per heavy atom. The third kappa shape index (κ3) is 9.80. The highest BCUT2D eigenvalue weighted by Crippen LogP contribution is 2.13. The highest BCUT2D eigenvalue weighted by Gasteiger charge is 2.06. The van der Waals surface area contributed by atoms with Crippen LogP contribution in [0.5, 0.6) is 11.5 Å². The monoisotopic (exact) mass is 517 g/mol. The molecule has 2 aromatic carbocycles. The lowest BCUT2D eigenvalue weighted by molar-refractivity contribution is 0.146. The van der Waals surface area contributed by atoms with Gasteiger partial charge < -0.3 is 24.8 Å². The van der Waals surface area contributed by atoms with Gasteiger partial charge in [-0.05, 0) is 48.9 Å². The van der Waals surface area contributed by atoms with Crippen LogP contribution in [0.15, 0.2) is 53.5 Å². The van der Waals surface area contributed by atoms with Crippen molar-refractivity contribution in [1.29, 1.82) is 0 Å². The van der Waals surface area contributed by atoms with Gasteiger partial charge in [0.05, 0.1) is 13.2 Å². The van der Waals surface area contributed by atoms with Crippen molar-refractivity contribution in [1.82, 2.24) is 10.6 Å². The van der Waals surface area contributed by atoms with E-state index in [-0.39, 0.29) is 35.9 Å². The van der Waals surface area contributed by atoms with E-state index in [1.807, 2.05) is 31.2 Å². The molecule has 2 N–H and O–H groups in total. The first kappa shape index (κ1) is 25.0. The Morgan fingerprint density at radius 2 is 1.66 bits per heavy atom. The molecule has 6 nitrogen and oxygen atoms in total. The van der Waals surface area contributed by atoms with Gasteiger partial charge >= 0.3 is 0 Å². The SMILES string of the molecule is CN=C(NCc1ccc(OCCOC)cc1)NCC(C)Oc1ccc(F)cc1.I. The molecule has 0 saturated heterocycles. The number of aliphatic imine (C=N–C) groups is 1. The zero-order valence-corrected chi connectivity index (χ0v) is 19.3. The normalized spacial score (nSPS) is 11.9. The van der Waals surface area contributed by atoms with Crippen LogP contribution in [0.4, 0.5) is 4.39 Å². The Balaban J connectivity index is 0.00000420.